The van der Waals surface area contributed by atoms with Gasteiger partial charge in [-0.2, -0.15) is 0 Å². The molecule has 2 heteroatoms. The highest BCUT2D eigenvalue weighted by atomic mass is 16.5. The van der Waals surface area contributed by atoms with E-state index in [1.807, 2.05) is 0 Å². The second kappa shape index (κ2) is 6.54. The van der Waals surface area contributed by atoms with Crippen molar-refractivity contribution in [3.63, 3.8) is 0 Å². The number of aryl methyl sites for hydroxylation is 2. The maximum absolute atomic E-state index is 5.74. The van der Waals surface area contributed by atoms with E-state index in [4.69, 9.17) is 10.5 Å². The Hall–Kier alpha value is -1.02. The summed E-state index contributed by atoms with van der Waals surface area (Å²) in [5.74, 6) is 0.999. The normalized spacial score (nSPS) is 12.5. The van der Waals surface area contributed by atoms with E-state index in [-0.39, 0.29) is 0 Å². The van der Waals surface area contributed by atoms with Gasteiger partial charge >= 0.3 is 0 Å². The third-order valence-electron chi connectivity index (χ3n) is 2.85. The van der Waals surface area contributed by atoms with Crippen molar-refractivity contribution in [1.29, 1.82) is 0 Å². The van der Waals surface area contributed by atoms with Gasteiger partial charge in [0.15, 0.2) is 0 Å². The fourth-order valence-electron chi connectivity index (χ4n) is 1.89. The molecule has 0 saturated carbocycles. The van der Waals surface area contributed by atoms with Gasteiger partial charge in [-0.25, -0.2) is 0 Å². The van der Waals surface area contributed by atoms with Gasteiger partial charge in [0.05, 0.1) is 7.11 Å². The molecule has 0 radical (unpaired) electrons. The zero-order valence-corrected chi connectivity index (χ0v) is 10.6. The quantitative estimate of drug-likeness (QED) is 0.801. The van der Waals surface area contributed by atoms with Crippen LogP contribution in [0.5, 0.6) is 5.75 Å². The first-order valence-electron chi connectivity index (χ1n) is 6.08. The smallest absolute Gasteiger partial charge is 0.122 e. The Balaban J connectivity index is 2.60. The molecule has 2 nitrogen and oxygen atoms in total. The van der Waals surface area contributed by atoms with Crippen molar-refractivity contribution in [1.82, 2.24) is 0 Å². The van der Waals surface area contributed by atoms with E-state index in [2.05, 4.69) is 32.0 Å². The fraction of sp³-hybridized carbons (Fsp3) is 0.571. The number of hydrogen-bond donors (Lipinski definition) is 1. The van der Waals surface area contributed by atoms with Gasteiger partial charge in [-0.3, -0.25) is 0 Å². The van der Waals surface area contributed by atoms with Crippen LogP contribution in [0.1, 0.15) is 37.8 Å². The molecule has 2 N–H and O–H groups in total. The summed E-state index contributed by atoms with van der Waals surface area (Å²) < 4.78 is 5.31. The molecule has 1 aromatic carbocycles. The lowest BCUT2D eigenvalue weighted by Crippen LogP contribution is -2.14. The van der Waals surface area contributed by atoms with Gasteiger partial charge in [0.25, 0.3) is 0 Å². The van der Waals surface area contributed by atoms with Gasteiger partial charge in [0, 0.05) is 6.04 Å². The van der Waals surface area contributed by atoms with Gasteiger partial charge in [0.2, 0.25) is 0 Å². The minimum Gasteiger partial charge on any atom is -0.496 e. The Morgan fingerprint density at radius 3 is 2.69 bits per heavy atom. The lowest BCUT2D eigenvalue weighted by molar-refractivity contribution is 0.410. The average molecular weight is 221 g/mol. The van der Waals surface area contributed by atoms with Gasteiger partial charge in [-0.15, -0.1) is 0 Å². The minimum atomic E-state index is 0.309. The van der Waals surface area contributed by atoms with Gasteiger partial charge in [-0.05, 0) is 49.8 Å². The Morgan fingerprint density at radius 2 is 2.12 bits per heavy atom. The molecular weight excluding hydrogens is 198 g/mol. The van der Waals surface area contributed by atoms with Crippen LogP contribution in [-0.2, 0) is 12.8 Å². The van der Waals surface area contributed by atoms with E-state index in [1.54, 1.807) is 7.11 Å². The van der Waals surface area contributed by atoms with Crippen molar-refractivity contribution >= 4 is 0 Å². The third kappa shape index (κ3) is 3.86. The maximum Gasteiger partial charge on any atom is 0.122 e. The first-order chi connectivity index (χ1) is 7.67. The molecule has 1 rings (SSSR count). The largest absolute Gasteiger partial charge is 0.496 e. The van der Waals surface area contributed by atoms with Crippen LogP contribution in [0.15, 0.2) is 18.2 Å². The number of ether oxygens (including phenoxy) is 1. The van der Waals surface area contributed by atoms with Gasteiger partial charge < -0.3 is 10.5 Å². The zero-order chi connectivity index (χ0) is 12.0. The summed E-state index contributed by atoms with van der Waals surface area (Å²) in [6.07, 6.45) is 4.38. The average Bonchev–Trinajstić information content (AvgIpc) is 2.28. The fourth-order valence-corrected chi connectivity index (χ4v) is 1.89. The lowest BCUT2D eigenvalue weighted by atomic mass is 10.0. The van der Waals surface area contributed by atoms with E-state index >= 15 is 0 Å². The molecule has 0 aliphatic carbocycles. The second-order valence-electron chi connectivity index (χ2n) is 4.37. The topological polar surface area (TPSA) is 35.2 Å². The van der Waals surface area contributed by atoms with E-state index in [1.165, 1.54) is 11.1 Å². The van der Waals surface area contributed by atoms with Gasteiger partial charge in [-0.1, -0.05) is 19.1 Å². The SMILES string of the molecule is CCc1cc(CCCC(C)N)ccc1OC. The van der Waals surface area contributed by atoms with E-state index in [0.717, 1.165) is 31.4 Å². The van der Waals surface area contributed by atoms with Crippen LogP contribution in [0.2, 0.25) is 0 Å². The molecule has 0 heterocycles. The van der Waals surface area contributed by atoms with Crippen molar-refractivity contribution in [3.8, 4) is 5.75 Å². The minimum absolute atomic E-state index is 0.309. The molecule has 1 atom stereocenters. The van der Waals surface area contributed by atoms with Crippen molar-refractivity contribution in [2.45, 2.75) is 45.6 Å². The van der Waals surface area contributed by atoms with Crippen LogP contribution >= 0.6 is 0 Å². The molecule has 0 aliphatic heterocycles. The van der Waals surface area contributed by atoms with E-state index in [9.17, 15) is 0 Å². The highest BCUT2D eigenvalue weighted by molar-refractivity contribution is 5.37. The first kappa shape index (κ1) is 13.0. The van der Waals surface area contributed by atoms with Gasteiger partial charge in [0.1, 0.15) is 5.75 Å². The summed E-state index contributed by atoms with van der Waals surface area (Å²) in [5, 5.41) is 0. The molecular formula is C14H23NO. The maximum atomic E-state index is 5.74. The zero-order valence-electron chi connectivity index (χ0n) is 10.6. The second-order valence-corrected chi connectivity index (χ2v) is 4.37. The van der Waals surface area contributed by atoms with Crippen LogP contribution in [0.25, 0.3) is 0 Å². The van der Waals surface area contributed by atoms with Crippen molar-refractivity contribution < 1.29 is 4.74 Å². The molecule has 0 spiro atoms. The molecule has 0 amide bonds. The predicted octanol–water partition coefficient (Wildman–Crippen LogP) is 2.93. The van der Waals surface area contributed by atoms with Crippen LogP contribution in [0.3, 0.4) is 0 Å². The standard InChI is InChI=1S/C14H23NO/c1-4-13-10-12(7-5-6-11(2)15)8-9-14(13)16-3/h8-11H,4-7,15H2,1-3H3. The Bertz CT molecular complexity index is 321. The van der Waals surface area contributed by atoms with Crippen molar-refractivity contribution in [2.24, 2.45) is 5.73 Å². The molecule has 1 unspecified atom stereocenters. The highest BCUT2D eigenvalue weighted by Crippen LogP contribution is 2.21. The highest BCUT2D eigenvalue weighted by Gasteiger charge is 2.03. The Kier molecular flexibility index (Phi) is 5.33. The lowest BCUT2D eigenvalue weighted by Gasteiger charge is -2.10. The molecule has 90 valence electrons. The molecule has 0 aliphatic rings. The van der Waals surface area contributed by atoms with E-state index < -0.39 is 0 Å². The van der Waals surface area contributed by atoms with Crippen molar-refractivity contribution in [3.05, 3.63) is 29.3 Å². The van der Waals surface area contributed by atoms with Crippen LogP contribution in [0.4, 0.5) is 0 Å². The number of benzene rings is 1. The number of hydrogen-bond acceptors (Lipinski definition) is 2. The molecule has 0 saturated heterocycles. The first-order valence-corrected chi connectivity index (χ1v) is 6.08. The Labute approximate surface area is 98.8 Å². The summed E-state index contributed by atoms with van der Waals surface area (Å²) >= 11 is 0. The molecule has 16 heavy (non-hydrogen) atoms. The summed E-state index contributed by atoms with van der Waals surface area (Å²) in [6.45, 7) is 4.22. The van der Waals surface area contributed by atoms with Crippen LogP contribution in [-0.4, -0.2) is 13.2 Å². The Morgan fingerprint density at radius 1 is 1.38 bits per heavy atom. The third-order valence-corrected chi connectivity index (χ3v) is 2.85. The molecule has 0 aromatic heterocycles. The van der Waals surface area contributed by atoms with Crippen LogP contribution < -0.4 is 10.5 Å². The number of nitrogens with two attached hydrogens (primary N) is 1. The van der Waals surface area contributed by atoms with Crippen molar-refractivity contribution in [2.75, 3.05) is 7.11 Å². The molecule has 0 bridgehead atoms. The number of methoxy groups -OCH3 is 1. The molecule has 0 fully saturated rings. The molecule has 1 aromatic rings. The summed E-state index contributed by atoms with van der Waals surface area (Å²) in [5.41, 5.74) is 8.42. The summed E-state index contributed by atoms with van der Waals surface area (Å²) in [6, 6.07) is 6.78. The monoisotopic (exact) mass is 221 g/mol. The number of rotatable bonds is 6. The van der Waals surface area contributed by atoms with E-state index in [0.29, 0.717) is 6.04 Å². The summed E-state index contributed by atoms with van der Waals surface area (Å²) in [4.78, 5) is 0. The van der Waals surface area contributed by atoms with Crippen LogP contribution in [0, 0.1) is 0 Å². The summed E-state index contributed by atoms with van der Waals surface area (Å²) in [7, 11) is 1.73. The predicted molar refractivity (Wildman–Crippen MR) is 69.0 cm³/mol.